The molecule has 3 rings (SSSR count). The summed E-state index contributed by atoms with van der Waals surface area (Å²) < 4.78 is 41.6. The molecule has 1 aliphatic rings. The summed E-state index contributed by atoms with van der Waals surface area (Å²) in [6, 6.07) is 4.45. The van der Waals surface area contributed by atoms with Gasteiger partial charge in [-0.1, -0.05) is 12.1 Å². The van der Waals surface area contributed by atoms with Crippen LogP contribution in [0.25, 0.3) is 10.9 Å². The minimum Gasteiger partial charge on any atom is -0.403 e. The summed E-state index contributed by atoms with van der Waals surface area (Å²) in [6.07, 6.45) is -1.20. The fraction of sp³-hybridized carbons (Fsp3) is 0.357. The number of nitrogens with zero attached hydrogens (tertiary/aromatic N) is 1. The molecule has 0 radical (unpaired) electrons. The Bertz CT molecular complexity index is 685. The van der Waals surface area contributed by atoms with Crippen molar-refractivity contribution in [3.05, 3.63) is 29.5 Å². The minimum absolute atomic E-state index is 0.184. The van der Waals surface area contributed by atoms with Crippen LogP contribution in [-0.4, -0.2) is 11.3 Å². The maximum absolute atomic E-state index is 12.5. The van der Waals surface area contributed by atoms with Gasteiger partial charge < -0.3 is 10.2 Å². The number of pyridine rings is 1. The van der Waals surface area contributed by atoms with Crippen molar-refractivity contribution in [2.75, 3.05) is 5.43 Å². The van der Waals surface area contributed by atoms with Crippen LogP contribution in [0.1, 0.15) is 24.1 Å². The minimum atomic E-state index is -4.75. The molecule has 0 bridgehead atoms. The maximum Gasteiger partial charge on any atom is 0.573 e. The van der Waals surface area contributed by atoms with Gasteiger partial charge in [-0.15, -0.1) is 13.2 Å². The molecule has 7 heteroatoms. The Morgan fingerprint density at radius 3 is 2.67 bits per heavy atom. The van der Waals surface area contributed by atoms with Gasteiger partial charge in [-0.25, -0.2) is 4.98 Å². The molecular weight excluding hydrogens is 283 g/mol. The lowest BCUT2D eigenvalue weighted by Gasteiger charge is -2.21. The summed E-state index contributed by atoms with van der Waals surface area (Å²) in [7, 11) is 0. The highest BCUT2D eigenvalue weighted by molar-refractivity contribution is 5.96. The molecule has 0 unspecified atom stereocenters. The average molecular weight is 297 g/mol. The first-order valence-electron chi connectivity index (χ1n) is 6.66. The highest BCUT2D eigenvalue weighted by Crippen LogP contribution is 2.37. The number of aromatic nitrogens is 1. The number of hydrazine groups is 1. The molecule has 0 saturated heterocycles. The smallest absolute Gasteiger partial charge is 0.403 e. The lowest BCUT2D eigenvalue weighted by Crippen LogP contribution is -2.19. The van der Waals surface area contributed by atoms with Crippen molar-refractivity contribution in [3.63, 3.8) is 0 Å². The zero-order chi connectivity index (χ0) is 15.0. The van der Waals surface area contributed by atoms with Gasteiger partial charge in [-0.05, 0) is 37.3 Å². The molecule has 0 spiro atoms. The molecule has 0 atom stereocenters. The second-order valence-corrected chi connectivity index (χ2v) is 4.96. The van der Waals surface area contributed by atoms with E-state index < -0.39 is 6.36 Å². The zero-order valence-corrected chi connectivity index (χ0v) is 11.1. The van der Waals surface area contributed by atoms with Gasteiger partial charge in [0, 0.05) is 11.1 Å². The second kappa shape index (κ2) is 5.07. The number of para-hydroxylation sites is 1. The van der Waals surface area contributed by atoms with Gasteiger partial charge in [0.25, 0.3) is 0 Å². The van der Waals surface area contributed by atoms with E-state index in [4.69, 9.17) is 5.84 Å². The summed E-state index contributed by atoms with van der Waals surface area (Å²) in [6.45, 7) is 0. The first kappa shape index (κ1) is 13.9. The lowest BCUT2D eigenvalue weighted by atomic mass is 9.93. The number of rotatable bonds is 2. The average Bonchev–Trinajstić information content (AvgIpc) is 2.44. The molecule has 1 heterocycles. The molecule has 2 aromatic rings. The number of hydrogen-bond acceptors (Lipinski definition) is 4. The molecular formula is C14H14F3N3O. The Morgan fingerprint density at radius 1 is 1.19 bits per heavy atom. The van der Waals surface area contributed by atoms with Crippen LogP contribution in [0.15, 0.2) is 18.2 Å². The number of halogens is 3. The van der Waals surface area contributed by atoms with Crippen LogP contribution < -0.4 is 16.0 Å². The Kier molecular flexibility index (Phi) is 3.36. The molecule has 1 aliphatic carbocycles. The van der Waals surface area contributed by atoms with Crippen molar-refractivity contribution in [3.8, 4) is 5.75 Å². The summed E-state index contributed by atoms with van der Waals surface area (Å²) in [5, 5.41) is 0.542. The Labute approximate surface area is 119 Å². The van der Waals surface area contributed by atoms with Crippen LogP contribution in [-0.2, 0) is 12.8 Å². The van der Waals surface area contributed by atoms with Crippen molar-refractivity contribution < 1.29 is 17.9 Å². The normalized spacial score (nSPS) is 14.9. The van der Waals surface area contributed by atoms with E-state index in [0.29, 0.717) is 11.1 Å². The topological polar surface area (TPSA) is 60.2 Å². The zero-order valence-electron chi connectivity index (χ0n) is 11.1. The third-order valence-corrected chi connectivity index (χ3v) is 3.63. The number of hydrogen-bond donors (Lipinski definition) is 2. The van der Waals surface area contributed by atoms with Gasteiger partial charge >= 0.3 is 6.36 Å². The highest BCUT2D eigenvalue weighted by atomic mass is 19.4. The van der Waals surface area contributed by atoms with E-state index in [1.807, 2.05) is 0 Å². The van der Waals surface area contributed by atoms with Gasteiger partial charge in [0.05, 0.1) is 5.69 Å². The first-order chi connectivity index (χ1) is 9.99. The van der Waals surface area contributed by atoms with Crippen LogP contribution >= 0.6 is 0 Å². The van der Waals surface area contributed by atoms with E-state index in [1.54, 1.807) is 6.07 Å². The summed E-state index contributed by atoms with van der Waals surface area (Å²) in [5.41, 5.74) is 5.21. The Morgan fingerprint density at radius 2 is 1.95 bits per heavy atom. The number of nitrogen functional groups attached to an aromatic ring is 1. The SMILES string of the molecule is NNc1c2c(nc3c(OC(F)(F)F)cccc13)CCCC2. The molecule has 0 amide bonds. The van der Waals surface area contributed by atoms with E-state index >= 15 is 0 Å². The number of alkyl halides is 3. The quantitative estimate of drug-likeness (QED) is 0.659. The molecule has 0 aliphatic heterocycles. The van der Waals surface area contributed by atoms with E-state index in [-0.39, 0.29) is 11.3 Å². The van der Waals surface area contributed by atoms with E-state index in [9.17, 15) is 13.2 Å². The van der Waals surface area contributed by atoms with Crippen molar-refractivity contribution >= 4 is 16.6 Å². The van der Waals surface area contributed by atoms with Crippen LogP contribution in [0.5, 0.6) is 5.75 Å². The monoisotopic (exact) mass is 297 g/mol. The van der Waals surface area contributed by atoms with Crippen LogP contribution in [0.4, 0.5) is 18.9 Å². The van der Waals surface area contributed by atoms with E-state index in [2.05, 4.69) is 15.1 Å². The predicted octanol–water partition coefficient (Wildman–Crippen LogP) is 3.30. The van der Waals surface area contributed by atoms with Gasteiger partial charge in [-0.3, -0.25) is 5.84 Å². The standard InChI is InChI=1S/C14H14F3N3O/c15-14(16,17)21-11-7-3-5-9-12(20-18)8-4-1-2-6-10(8)19-13(9)11/h3,5,7H,1-2,4,6,18H2,(H,19,20). The number of fused-ring (bicyclic) bond motifs is 2. The number of nitrogens with two attached hydrogens (primary N) is 1. The molecule has 0 fully saturated rings. The fourth-order valence-corrected chi connectivity index (χ4v) is 2.79. The van der Waals surface area contributed by atoms with E-state index in [1.165, 1.54) is 12.1 Å². The van der Waals surface area contributed by atoms with Gasteiger partial charge in [-0.2, -0.15) is 0 Å². The van der Waals surface area contributed by atoms with Gasteiger partial charge in [0.1, 0.15) is 5.52 Å². The molecule has 1 aromatic carbocycles. The molecule has 21 heavy (non-hydrogen) atoms. The van der Waals surface area contributed by atoms with Crippen LogP contribution in [0, 0.1) is 0 Å². The van der Waals surface area contributed by atoms with Crippen LogP contribution in [0.3, 0.4) is 0 Å². The number of ether oxygens (including phenoxy) is 1. The van der Waals surface area contributed by atoms with Gasteiger partial charge in [0.2, 0.25) is 0 Å². The van der Waals surface area contributed by atoms with Crippen molar-refractivity contribution in [2.24, 2.45) is 5.84 Å². The van der Waals surface area contributed by atoms with E-state index in [0.717, 1.165) is 36.9 Å². The second-order valence-electron chi connectivity index (χ2n) is 4.96. The molecule has 4 nitrogen and oxygen atoms in total. The van der Waals surface area contributed by atoms with Crippen molar-refractivity contribution in [1.82, 2.24) is 4.98 Å². The Balaban J connectivity index is 2.24. The van der Waals surface area contributed by atoms with Crippen LogP contribution in [0.2, 0.25) is 0 Å². The molecule has 112 valence electrons. The Hall–Kier alpha value is -2.02. The number of nitrogens with one attached hydrogen (secondary N) is 1. The number of aryl methyl sites for hydroxylation is 1. The third-order valence-electron chi connectivity index (χ3n) is 3.63. The lowest BCUT2D eigenvalue weighted by molar-refractivity contribution is -0.274. The predicted molar refractivity (Wildman–Crippen MR) is 72.9 cm³/mol. The first-order valence-corrected chi connectivity index (χ1v) is 6.66. The third kappa shape index (κ3) is 2.61. The van der Waals surface area contributed by atoms with Gasteiger partial charge in [0.15, 0.2) is 5.75 Å². The molecule has 0 saturated carbocycles. The molecule has 1 aromatic heterocycles. The summed E-state index contributed by atoms with van der Waals surface area (Å²) >= 11 is 0. The van der Waals surface area contributed by atoms with Crippen molar-refractivity contribution in [2.45, 2.75) is 32.0 Å². The fourth-order valence-electron chi connectivity index (χ4n) is 2.79. The highest BCUT2D eigenvalue weighted by Gasteiger charge is 2.32. The van der Waals surface area contributed by atoms with Crippen molar-refractivity contribution in [1.29, 1.82) is 0 Å². The largest absolute Gasteiger partial charge is 0.573 e. The number of benzene rings is 1. The number of anilines is 1. The summed E-state index contributed by atoms with van der Waals surface area (Å²) in [4.78, 5) is 4.39. The maximum atomic E-state index is 12.5. The molecule has 3 N–H and O–H groups in total. The summed E-state index contributed by atoms with van der Waals surface area (Å²) in [5.74, 6) is 5.28.